The molecule has 5 heteroatoms. The van der Waals surface area contributed by atoms with E-state index in [1.165, 1.54) is 22.3 Å². The third kappa shape index (κ3) is 5.54. The topological polar surface area (TPSA) is 36.3 Å². The Morgan fingerprint density at radius 2 is 1.97 bits per heavy atom. The van der Waals surface area contributed by atoms with Gasteiger partial charge >= 0.3 is 0 Å². The van der Waals surface area contributed by atoms with Crippen molar-refractivity contribution in [3.05, 3.63) is 89.5 Å². The van der Waals surface area contributed by atoms with Gasteiger partial charge in [-0.2, -0.15) is 11.8 Å². The minimum Gasteiger partial charge on any atom is -0.345 e. The van der Waals surface area contributed by atoms with Gasteiger partial charge in [-0.25, -0.2) is 4.98 Å². The number of aryl methyl sites for hydroxylation is 3. The van der Waals surface area contributed by atoms with Gasteiger partial charge in [-0.15, -0.1) is 0 Å². The summed E-state index contributed by atoms with van der Waals surface area (Å²) in [5.41, 5.74) is 5.34. The molecule has 0 N–H and O–H groups in total. The zero-order valence-corrected chi connectivity index (χ0v) is 18.6. The molecule has 2 unspecified atom stereocenters. The number of hydrogen-bond acceptors (Lipinski definition) is 4. The lowest BCUT2D eigenvalue weighted by molar-refractivity contribution is -0.180. The van der Waals surface area contributed by atoms with Gasteiger partial charge in [0.25, 0.3) is 0 Å². The van der Waals surface area contributed by atoms with E-state index < -0.39 is 5.79 Å². The van der Waals surface area contributed by atoms with Gasteiger partial charge < -0.3 is 14.0 Å². The van der Waals surface area contributed by atoms with Crippen LogP contribution >= 0.6 is 11.8 Å². The average Bonchev–Trinajstić information content (AvgIpc) is 3.40. The van der Waals surface area contributed by atoms with Crippen LogP contribution < -0.4 is 0 Å². The van der Waals surface area contributed by atoms with Crippen molar-refractivity contribution < 1.29 is 9.47 Å². The van der Waals surface area contributed by atoms with E-state index in [1.807, 2.05) is 24.3 Å². The molecule has 0 spiro atoms. The van der Waals surface area contributed by atoms with Gasteiger partial charge in [0.05, 0.1) is 25.6 Å². The Morgan fingerprint density at radius 1 is 1.13 bits per heavy atom. The summed E-state index contributed by atoms with van der Waals surface area (Å²) in [6, 6.07) is 17.3. The van der Waals surface area contributed by atoms with E-state index >= 15 is 0 Å². The molecule has 0 radical (unpaired) electrons. The zero-order valence-electron chi connectivity index (χ0n) is 17.8. The predicted octanol–water partition coefficient (Wildman–Crippen LogP) is 5.18. The van der Waals surface area contributed by atoms with E-state index in [0.717, 1.165) is 24.3 Å². The molecule has 2 heterocycles. The Kier molecular flexibility index (Phi) is 6.93. The average molecular weight is 423 g/mol. The highest BCUT2D eigenvalue weighted by molar-refractivity contribution is 7.98. The molecule has 0 amide bonds. The highest BCUT2D eigenvalue weighted by Gasteiger charge is 2.41. The second-order valence-electron chi connectivity index (χ2n) is 8.12. The monoisotopic (exact) mass is 422 g/mol. The predicted molar refractivity (Wildman–Crippen MR) is 123 cm³/mol. The molecule has 30 heavy (non-hydrogen) atoms. The number of aromatic nitrogens is 2. The number of thioether (sulfide) groups is 1. The van der Waals surface area contributed by atoms with Crippen molar-refractivity contribution in [2.45, 2.75) is 50.9 Å². The van der Waals surface area contributed by atoms with Crippen LogP contribution in [0, 0.1) is 13.8 Å². The Bertz CT molecular complexity index is 927. The normalized spacial score (nSPS) is 21.2. The van der Waals surface area contributed by atoms with E-state index in [9.17, 15) is 0 Å². The van der Waals surface area contributed by atoms with Crippen LogP contribution in [0.5, 0.6) is 0 Å². The number of benzene rings is 2. The van der Waals surface area contributed by atoms with Crippen LogP contribution in [0.3, 0.4) is 0 Å². The van der Waals surface area contributed by atoms with Gasteiger partial charge in [-0.05, 0) is 37.0 Å². The fourth-order valence-electron chi connectivity index (χ4n) is 3.81. The summed E-state index contributed by atoms with van der Waals surface area (Å²) in [4.78, 5) is 4.18. The maximum absolute atomic E-state index is 6.54. The summed E-state index contributed by atoms with van der Waals surface area (Å²) < 4.78 is 14.9. The number of nitrogens with zero attached hydrogens (tertiary/aromatic N) is 2. The second kappa shape index (κ2) is 9.82. The first-order chi connectivity index (χ1) is 14.6. The van der Waals surface area contributed by atoms with E-state index in [-0.39, 0.29) is 6.10 Å². The summed E-state index contributed by atoms with van der Waals surface area (Å²) in [6.45, 7) is 5.60. The third-order valence-corrected chi connectivity index (χ3v) is 6.76. The molecule has 2 aromatic carbocycles. The maximum Gasteiger partial charge on any atom is 0.187 e. The highest BCUT2D eigenvalue weighted by Crippen LogP contribution is 2.32. The van der Waals surface area contributed by atoms with Gasteiger partial charge in [-0.1, -0.05) is 54.1 Å². The molecule has 1 aliphatic rings. The van der Waals surface area contributed by atoms with Crippen molar-refractivity contribution in [3.63, 3.8) is 0 Å². The molecular formula is C25H30N2O2S. The Balaban J connectivity index is 1.36. The fourth-order valence-corrected chi connectivity index (χ4v) is 4.90. The van der Waals surface area contributed by atoms with Gasteiger partial charge in [0.15, 0.2) is 5.79 Å². The van der Waals surface area contributed by atoms with Crippen LogP contribution in [0.15, 0.2) is 67.3 Å². The number of imidazole rings is 1. The summed E-state index contributed by atoms with van der Waals surface area (Å²) in [7, 11) is 0. The third-order valence-electron chi connectivity index (χ3n) is 5.63. The minimum atomic E-state index is -0.598. The minimum absolute atomic E-state index is 0.112. The van der Waals surface area contributed by atoms with Crippen molar-refractivity contribution in [3.8, 4) is 0 Å². The lowest BCUT2D eigenvalue weighted by Crippen LogP contribution is -2.37. The number of hydrogen-bond donors (Lipinski definition) is 0. The smallest absolute Gasteiger partial charge is 0.187 e. The lowest BCUT2D eigenvalue weighted by atomic mass is 10.0. The summed E-state index contributed by atoms with van der Waals surface area (Å²) in [5.74, 6) is 1.34. The molecule has 2 atom stereocenters. The quantitative estimate of drug-likeness (QED) is 0.476. The van der Waals surface area contributed by atoms with Crippen LogP contribution in [-0.2, 0) is 28.2 Å². The summed E-state index contributed by atoms with van der Waals surface area (Å²) in [6.07, 6.45) is 7.48. The van der Waals surface area contributed by atoms with Crippen molar-refractivity contribution in [1.29, 1.82) is 0 Å². The van der Waals surface area contributed by atoms with Crippen LogP contribution in [0.1, 0.15) is 28.7 Å². The molecule has 158 valence electrons. The summed E-state index contributed by atoms with van der Waals surface area (Å²) in [5, 5.41) is 0. The van der Waals surface area contributed by atoms with Gasteiger partial charge in [0, 0.05) is 30.3 Å². The molecule has 1 fully saturated rings. The second-order valence-corrected chi connectivity index (χ2v) is 9.15. The molecule has 0 aliphatic carbocycles. The number of ether oxygens (including phenoxy) is 2. The van der Waals surface area contributed by atoms with E-state index in [0.29, 0.717) is 13.2 Å². The highest BCUT2D eigenvalue weighted by atomic mass is 32.2. The lowest BCUT2D eigenvalue weighted by Gasteiger charge is -2.28. The Morgan fingerprint density at radius 3 is 2.73 bits per heavy atom. The van der Waals surface area contributed by atoms with Crippen LogP contribution in [-0.4, -0.2) is 33.8 Å². The molecule has 4 rings (SSSR count). The first kappa shape index (κ1) is 21.2. The first-order valence-electron chi connectivity index (χ1n) is 10.6. The van der Waals surface area contributed by atoms with Crippen molar-refractivity contribution >= 4 is 11.8 Å². The van der Waals surface area contributed by atoms with Gasteiger partial charge in [0.1, 0.15) is 0 Å². The molecule has 1 aliphatic heterocycles. The SMILES string of the molecule is Cc1ccc(CCC2(Cn3ccnc3)OCC(CSCc3ccccc3C)O2)cc1. The Labute approximate surface area is 183 Å². The van der Waals surface area contributed by atoms with Gasteiger partial charge in [-0.3, -0.25) is 0 Å². The molecular weight excluding hydrogens is 392 g/mol. The largest absolute Gasteiger partial charge is 0.345 e. The molecule has 3 aromatic rings. The van der Waals surface area contributed by atoms with Crippen molar-refractivity contribution in [2.75, 3.05) is 12.4 Å². The standard InChI is InChI=1S/C25H30N2O2S/c1-20-7-9-22(10-8-20)11-12-25(18-27-14-13-26-19-27)28-15-24(29-25)17-30-16-23-6-4-3-5-21(23)2/h3-10,13-14,19,24H,11-12,15-18H2,1-2H3. The molecule has 1 aromatic heterocycles. The van der Waals surface area contributed by atoms with E-state index in [4.69, 9.17) is 9.47 Å². The van der Waals surface area contributed by atoms with Crippen LogP contribution in [0.4, 0.5) is 0 Å². The number of rotatable bonds is 9. The zero-order chi connectivity index (χ0) is 20.8. The van der Waals surface area contributed by atoms with Crippen molar-refractivity contribution in [1.82, 2.24) is 9.55 Å². The molecule has 0 bridgehead atoms. The van der Waals surface area contributed by atoms with Gasteiger partial charge in [0.2, 0.25) is 0 Å². The molecule has 4 nitrogen and oxygen atoms in total. The van der Waals surface area contributed by atoms with Crippen LogP contribution in [0.2, 0.25) is 0 Å². The molecule has 0 saturated carbocycles. The van der Waals surface area contributed by atoms with Crippen molar-refractivity contribution in [2.24, 2.45) is 0 Å². The van der Waals surface area contributed by atoms with E-state index in [1.54, 1.807) is 6.20 Å². The summed E-state index contributed by atoms with van der Waals surface area (Å²) >= 11 is 1.92. The first-order valence-corrected chi connectivity index (χ1v) is 11.7. The van der Waals surface area contributed by atoms with E-state index in [2.05, 4.69) is 71.9 Å². The molecule has 1 saturated heterocycles. The van der Waals surface area contributed by atoms with Crippen LogP contribution in [0.25, 0.3) is 0 Å². The fraction of sp³-hybridized carbons (Fsp3) is 0.400. The maximum atomic E-state index is 6.54. The Hall–Kier alpha value is -2.08.